The number of aryl methyl sites for hydroxylation is 1. The van der Waals surface area contributed by atoms with E-state index in [0.29, 0.717) is 22.7 Å². The van der Waals surface area contributed by atoms with Gasteiger partial charge in [-0.2, -0.15) is 0 Å². The second-order valence-electron chi connectivity index (χ2n) is 10.4. The molecule has 3 aromatic rings. The fourth-order valence-corrected chi connectivity index (χ4v) is 5.99. The first-order chi connectivity index (χ1) is 19.3. The predicted octanol–water partition coefficient (Wildman–Crippen LogP) is 5.87. The fraction of sp³-hybridized carbons (Fsp3) is 0.355. The van der Waals surface area contributed by atoms with Crippen LogP contribution < -0.4 is 9.62 Å². The first kappa shape index (κ1) is 32.1. The van der Waals surface area contributed by atoms with Gasteiger partial charge in [0.1, 0.15) is 18.4 Å². The molecule has 1 atom stereocenters. The van der Waals surface area contributed by atoms with Gasteiger partial charge in [-0.25, -0.2) is 12.8 Å². The van der Waals surface area contributed by atoms with Gasteiger partial charge in [-0.05, 0) is 73.7 Å². The van der Waals surface area contributed by atoms with Crippen LogP contribution in [0.2, 0.25) is 5.02 Å². The Morgan fingerprint density at radius 1 is 0.976 bits per heavy atom. The number of sulfonamides is 1. The van der Waals surface area contributed by atoms with Crippen LogP contribution in [-0.4, -0.2) is 44.3 Å². The third-order valence-corrected chi connectivity index (χ3v) is 8.92. The Kier molecular flexibility index (Phi) is 10.9. The number of nitrogens with zero attached hydrogens (tertiary/aromatic N) is 2. The summed E-state index contributed by atoms with van der Waals surface area (Å²) in [6, 6.07) is 16.0. The highest BCUT2D eigenvalue weighted by Crippen LogP contribution is 2.31. The molecule has 10 heteroatoms. The molecule has 0 spiro atoms. The molecule has 0 aromatic heterocycles. The van der Waals surface area contributed by atoms with Crippen LogP contribution in [0.1, 0.15) is 43.9 Å². The monoisotopic (exact) mass is 601 g/mol. The van der Waals surface area contributed by atoms with E-state index >= 15 is 0 Å². The van der Waals surface area contributed by atoms with E-state index in [1.807, 2.05) is 20.8 Å². The number of halogens is 2. The molecule has 0 unspecified atom stereocenters. The summed E-state index contributed by atoms with van der Waals surface area (Å²) in [7, 11) is -4.21. The van der Waals surface area contributed by atoms with E-state index in [0.717, 1.165) is 9.87 Å². The molecule has 0 radical (unpaired) electrons. The van der Waals surface area contributed by atoms with Crippen LogP contribution in [0.25, 0.3) is 0 Å². The van der Waals surface area contributed by atoms with E-state index in [9.17, 15) is 22.4 Å². The SMILES string of the molecule is CC[C@H](C(=O)NCC(C)C)N(Cc1ccc(F)cc1)C(=O)CN(c1cccc(Cl)c1C)S(=O)(=O)c1ccc(C)cc1. The third-order valence-electron chi connectivity index (χ3n) is 6.73. The van der Waals surface area contributed by atoms with Crippen molar-refractivity contribution < 1.29 is 22.4 Å². The van der Waals surface area contributed by atoms with Crippen molar-refractivity contribution in [2.45, 2.75) is 58.5 Å². The van der Waals surface area contributed by atoms with Crippen molar-refractivity contribution in [3.8, 4) is 0 Å². The maximum atomic E-state index is 14.1. The molecule has 0 aliphatic carbocycles. The largest absolute Gasteiger partial charge is 0.354 e. The Bertz CT molecular complexity index is 1460. The molecule has 41 heavy (non-hydrogen) atoms. The summed E-state index contributed by atoms with van der Waals surface area (Å²) in [4.78, 5) is 28.7. The lowest BCUT2D eigenvalue weighted by atomic mass is 10.1. The number of carbonyl (C=O) groups is 2. The summed E-state index contributed by atoms with van der Waals surface area (Å²) >= 11 is 6.37. The van der Waals surface area contributed by atoms with Crippen molar-refractivity contribution in [1.29, 1.82) is 0 Å². The fourth-order valence-electron chi connectivity index (χ4n) is 4.35. The number of anilines is 1. The predicted molar refractivity (Wildman–Crippen MR) is 161 cm³/mol. The molecule has 0 bridgehead atoms. The minimum Gasteiger partial charge on any atom is -0.354 e. The molecule has 3 aromatic carbocycles. The zero-order chi connectivity index (χ0) is 30.3. The minimum atomic E-state index is -4.21. The molecule has 0 aliphatic heterocycles. The molecule has 0 saturated carbocycles. The van der Waals surface area contributed by atoms with Crippen LogP contribution >= 0.6 is 11.6 Å². The first-order valence-corrected chi connectivity index (χ1v) is 15.3. The van der Waals surface area contributed by atoms with Crippen molar-refractivity contribution in [3.05, 3.63) is 94.3 Å². The van der Waals surface area contributed by atoms with Crippen molar-refractivity contribution in [3.63, 3.8) is 0 Å². The van der Waals surface area contributed by atoms with Gasteiger partial charge in [0.25, 0.3) is 10.0 Å². The van der Waals surface area contributed by atoms with Crippen LogP contribution in [0.15, 0.2) is 71.6 Å². The highest BCUT2D eigenvalue weighted by Gasteiger charge is 2.34. The molecule has 220 valence electrons. The third kappa shape index (κ3) is 8.07. The molecule has 3 rings (SSSR count). The number of hydrogen-bond donors (Lipinski definition) is 1. The zero-order valence-electron chi connectivity index (χ0n) is 24.0. The topological polar surface area (TPSA) is 86.8 Å². The van der Waals surface area contributed by atoms with Gasteiger partial charge in [0.05, 0.1) is 10.6 Å². The second kappa shape index (κ2) is 14.0. The van der Waals surface area contributed by atoms with Crippen molar-refractivity contribution >= 4 is 39.1 Å². The smallest absolute Gasteiger partial charge is 0.264 e. The van der Waals surface area contributed by atoms with Crippen LogP contribution in [0, 0.1) is 25.6 Å². The van der Waals surface area contributed by atoms with E-state index in [2.05, 4.69) is 5.32 Å². The highest BCUT2D eigenvalue weighted by molar-refractivity contribution is 7.92. The normalized spacial score (nSPS) is 12.2. The number of hydrogen-bond acceptors (Lipinski definition) is 4. The van der Waals surface area contributed by atoms with Crippen LogP contribution in [0.3, 0.4) is 0 Å². The van der Waals surface area contributed by atoms with Crippen LogP contribution in [0.5, 0.6) is 0 Å². The van der Waals surface area contributed by atoms with Gasteiger partial charge in [0.2, 0.25) is 11.8 Å². The summed E-state index contributed by atoms with van der Waals surface area (Å²) in [6.45, 7) is 9.07. The molecular weight excluding hydrogens is 565 g/mol. The minimum absolute atomic E-state index is 0.0142. The summed E-state index contributed by atoms with van der Waals surface area (Å²) in [5.41, 5.74) is 2.23. The Morgan fingerprint density at radius 2 is 1.61 bits per heavy atom. The van der Waals surface area contributed by atoms with Crippen LogP contribution in [-0.2, 0) is 26.2 Å². The van der Waals surface area contributed by atoms with Gasteiger partial charge >= 0.3 is 0 Å². The molecule has 0 heterocycles. The van der Waals surface area contributed by atoms with E-state index in [4.69, 9.17) is 11.6 Å². The zero-order valence-corrected chi connectivity index (χ0v) is 25.6. The number of nitrogens with one attached hydrogen (secondary N) is 1. The number of rotatable bonds is 12. The lowest BCUT2D eigenvalue weighted by molar-refractivity contribution is -0.140. The Balaban J connectivity index is 2.08. The molecule has 1 N–H and O–H groups in total. The first-order valence-electron chi connectivity index (χ1n) is 13.5. The number of carbonyl (C=O) groups excluding carboxylic acids is 2. The van der Waals surface area contributed by atoms with Crippen LogP contribution in [0.4, 0.5) is 10.1 Å². The average molecular weight is 602 g/mol. The van der Waals surface area contributed by atoms with E-state index in [1.165, 1.54) is 41.3 Å². The van der Waals surface area contributed by atoms with Gasteiger partial charge in [-0.3, -0.25) is 13.9 Å². The quantitative estimate of drug-likeness (QED) is 0.281. The highest BCUT2D eigenvalue weighted by atomic mass is 35.5. The van der Waals surface area contributed by atoms with Crippen molar-refractivity contribution in [2.24, 2.45) is 5.92 Å². The molecule has 0 saturated heterocycles. The van der Waals surface area contributed by atoms with E-state index in [1.54, 1.807) is 44.2 Å². The average Bonchev–Trinajstić information content (AvgIpc) is 2.93. The standard InChI is InChI=1S/C31H37ClFN3O4S/c1-6-28(31(38)34-18-21(2)3)35(19-24-12-14-25(33)15-13-24)30(37)20-36(29-9-7-8-27(32)23(29)5)41(39,40)26-16-10-22(4)11-17-26/h7-17,21,28H,6,18-20H2,1-5H3,(H,34,38)/t28-/m1/s1. The molecular formula is C31H37ClFN3O4S. The van der Waals surface area contributed by atoms with Gasteiger partial charge in [-0.1, -0.05) is 68.3 Å². The maximum absolute atomic E-state index is 14.1. The number of benzene rings is 3. The second-order valence-corrected chi connectivity index (χ2v) is 12.7. The lowest BCUT2D eigenvalue weighted by Gasteiger charge is -2.33. The van der Waals surface area contributed by atoms with E-state index in [-0.39, 0.29) is 35.4 Å². The van der Waals surface area contributed by atoms with Gasteiger partial charge < -0.3 is 10.2 Å². The molecule has 0 fully saturated rings. The number of amides is 2. The lowest BCUT2D eigenvalue weighted by Crippen LogP contribution is -2.52. The summed E-state index contributed by atoms with van der Waals surface area (Å²) < 4.78 is 42.7. The Labute approximate surface area is 247 Å². The van der Waals surface area contributed by atoms with Crippen molar-refractivity contribution in [2.75, 3.05) is 17.4 Å². The molecule has 0 aliphatic rings. The van der Waals surface area contributed by atoms with E-state index < -0.39 is 34.3 Å². The molecule has 2 amide bonds. The molecule has 7 nitrogen and oxygen atoms in total. The van der Waals surface area contributed by atoms with Crippen molar-refractivity contribution in [1.82, 2.24) is 10.2 Å². The van der Waals surface area contributed by atoms with Gasteiger partial charge in [0, 0.05) is 18.1 Å². The summed E-state index contributed by atoms with van der Waals surface area (Å²) in [5, 5.41) is 3.23. The Morgan fingerprint density at radius 3 is 2.20 bits per heavy atom. The van der Waals surface area contributed by atoms with Gasteiger partial charge in [-0.15, -0.1) is 0 Å². The summed E-state index contributed by atoms with van der Waals surface area (Å²) in [6.07, 6.45) is 0.289. The Hall–Kier alpha value is -3.43. The maximum Gasteiger partial charge on any atom is 0.264 e. The van der Waals surface area contributed by atoms with Gasteiger partial charge in [0.15, 0.2) is 0 Å². The summed E-state index contributed by atoms with van der Waals surface area (Å²) in [5.74, 6) is -1.17.